The van der Waals surface area contributed by atoms with Crippen molar-refractivity contribution < 1.29 is 0 Å². The van der Waals surface area contributed by atoms with Gasteiger partial charge in [0, 0.05) is 31.4 Å². The van der Waals surface area contributed by atoms with E-state index in [1.54, 1.807) is 0 Å². The predicted octanol–water partition coefficient (Wildman–Crippen LogP) is 3.02. The predicted molar refractivity (Wildman–Crippen MR) is 79.3 cm³/mol. The number of rotatable bonds is 5. The van der Waals surface area contributed by atoms with E-state index in [2.05, 4.69) is 53.8 Å². The number of nitrogens with zero attached hydrogens (tertiary/aromatic N) is 2. The van der Waals surface area contributed by atoms with Crippen LogP contribution in [0.5, 0.6) is 0 Å². The molecule has 0 amide bonds. The van der Waals surface area contributed by atoms with Gasteiger partial charge in [0.25, 0.3) is 0 Å². The molecule has 1 N–H and O–H groups in total. The molecule has 1 aromatic carbocycles. The third-order valence-electron chi connectivity index (χ3n) is 3.68. The molecule has 1 unspecified atom stereocenters. The van der Waals surface area contributed by atoms with Crippen LogP contribution in [0, 0.1) is 13.8 Å². The molecular formula is C16H23N3. The SMILES string of the molecule is CCn1ccnc1CC(NC)c1ccc(C)cc1C. The zero-order chi connectivity index (χ0) is 13.8. The second-order valence-electron chi connectivity index (χ2n) is 5.03. The highest BCUT2D eigenvalue weighted by molar-refractivity contribution is 5.33. The van der Waals surface area contributed by atoms with E-state index in [4.69, 9.17) is 0 Å². The summed E-state index contributed by atoms with van der Waals surface area (Å²) < 4.78 is 2.20. The van der Waals surface area contributed by atoms with E-state index in [0.29, 0.717) is 6.04 Å². The first-order valence-electron chi connectivity index (χ1n) is 6.90. The van der Waals surface area contributed by atoms with Crippen LogP contribution in [-0.2, 0) is 13.0 Å². The Hall–Kier alpha value is -1.61. The van der Waals surface area contributed by atoms with Crippen molar-refractivity contribution in [3.63, 3.8) is 0 Å². The standard InChI is InChI=1S/C16H23N3/c1-5-19-9-8-18-16(19)11-15(17-4)14-7-6-12(2)10-13(14)3/h6-10,15,17H,5,11H2,1-4H3. The maximum atomic E-state index is 4.47. The first kappa shape index (κ1) is 13.8. The molecule has 0 spiro atoms. The van der Waals surface area contributed by atoms with Crippen LogP contribution in [0.2, 0.25) is 0 Å². The number of aryl methyl sites for hydroxylation is 3. The molecule has 102 valence electrons. The molecule has 19 heavy (non-hydrogen) atoms. The summed E-state index contributed by atoms with van der Waals surface area (Å²) in [5.74, 6) is 1.14. The van der Waals surface area contributed by atoms with E-state index in [9.17, 15) is 0 Å². The fourth-order valence-electron chi connectivity index (χ4n) is 2.58. The first-order chi connectivity index (χ1) is 9.15. The van der Waals surface area contributed by atoms with Crippen molar-refractivity contribution in [2.45, 2.75) is 39.8 Å². The summed E-state index contributed by atoms with van der Waals surface area (Å²) in [6.45, 7) is 7.43. The maximum absolute atomic E-state index is 4.47. The van der Waals surface area contributed by atoms with E-state index in [-0.39, 0.29) is 0 Å². The minimum Gasteiger partial charge on any atom is -0.335 e. The molecule has 2 rings (SSSR count). The Morgan fingerprint density at radius 3 is 2.74 bits per heavy atom. The van der Waals surface area contributed by atoms with Crippen LogP contribution < -0.4 is 5.32 Å². The Bertz CT molecular complexity index is 543. The van der Waals surface area contributed by atoms with Gasteiger partial charge in [-0.1, -0.05) is 23.8 Å². The lowest BCUT2D eigenvalue weighted by atomic mass is 9.97. The summed E-state index contributed by atoms with van der Waals surface area (Å²) in [6.07, 6.45) is 4.85. The van der Waals surface area contributed by atoms with Crippen molar-refractivity contribution in [3.05, 3.63) is 53.1 Å². The molecule has 0 saturated heterocycles. The third kappa shape index (κ3) is 3.04. The lowest BCUT2D eigenvalue weighted by Gasteiger charge is -2.19. The van der Waals surface area contributed by atoms with Gasteiger partial charge in [-0.25, -0.2) is 4.98 Å². The number of imidazole rings is 1. The summed E-state index contributed by atoms with van der Waals surface area (Å²) in [6, 6.07) is 6.96. The first-order valence-corrected chi connectivity index (χ1v) is 6.90. The van der Waals surface area contributed by atoms with E-state index >= 15 is 0 Å². The van der Waals surface area contributed by atoms with Crippen LogP contribution >= 0.6 is 0 Å². The molecule has 0 fully saturated rings. The molecule has 3 nitrogen and oxygen atoms in total. The van der Waals surface area contributed by atoms with Gasteiger partial charge in [0.15, 0.2) is 0 Å². The summed E-state index contributed by atoms with van der Waals surface area (Å²) in [4.78, 5) is 4.47. The second kappa shape index (κ2) is 6.02. The highest BCUT2D eigenvalue weighted by atomic mass is 15.1. The van der Waals surface area contributed by atoms with Crippen molar-refractivity contribution in [1.29, 1.82) is 0 Å². The maximum Gasteiger partial charge on any atom is 0.110 e. The molecule has 1 heterocycles. The highest BCUT2D eigenvalue weighted by Crippen LogP contribution is 2.22. The third-order valence-corrected chi connectivity index (χ3v) is 3.68. The van der Waals surface area contributed by atoms with Gasteiger partial charge in [-0.2, -0.15) is 0 Å². The quantitative estimate of drug-likeness (QED) is 0.892. The Labute approximate surface area is 115 Å². The van der Waals surface area contributed by atoms with Crippen molar-refractivity contribution in [3.8, 4) is 0 Å². The molecule has 0 saturated carbocycles. The van der Waals surface area contributed by atoms with Gasteiger partial charge in [-0.05, 0) is 38.9 Å². The second-order valence-corrected chi connectivity index (χ2v) is 5.03. The molecule has 0 aliphatic heterocycles. The summed E-state index contributed by atoms with van der Waals surface area (Å²) in [5, 5.41) is 3.41. The Balaban J connectivity index is 2.25. The van der Waals surface area contributed by atoms with Crippen LogP contribution in [0.4, 0.5) is 0 Å². The lowest BCUT2D eigenvalue weighted by molar-refractivity contribution is 0.550. The molecule has 1 atom stereocenters. The zero-order valence-electron chi connectivity index (χ0n) is 12.3. The van der Waals surface area contributed by atoms with Gasteiger partial charge in [0.2, 0.25) is 0 Å². The van der Waals surface area contributed by atoms with E-state index in [0.717, 1.165) is 18.8 Å². The Morgan fingerprint density at radius 2 is 2.11 bits per heavy atom. The van der Waals surface area contributed by atoms with Gasteiger partial charge < -0.3 is 9.88 Å². The average Bonchev–Trinajstić information content (AvgIpc) is 2.84. The highest BCUT2D eigenvalue weighted by Gasteiger charge is 2.15. The van der Waals surface area contributed by atoms with Crippen molar-refractivity contribution in [1.82, 2.24) is 14.9 Å². The lowest BCUT2D eigenvalue weighted by Crippen LogP contribution is -2.21. The fourth-order valence-corrected chi connectivity index (χ4v) is 2.58. The van der Waals surface area contributed by atoms with Gasteiger partial charge in [-0.15, -0.1) is 0 Å². The molecule has 3 heteroatoms. The normalized spacial score (nSPS) is 12.6. The molecule has 2 aromatic rings. The van der Waals surface area contributed by atoms with Crippen LogP contribution in [0.25, 0.3) is 0 Å². The largest absolute Gasteiger partial charge is 0.335 e. The summed E-state index contributed by atoms with van der Waals surface area (Å²) in [5.41, 5.74) is 4.01. The average molecular weight is 257 g/mol. The minimum absolute atomic E-state index is 0.313. The van der Waals surface area contributed by atoms with Gasteiger partial charge >= 0.3 is 0 Å². The number of hydrogen-bond acceptors (Lipinski definition) is 2. The summed E-state index contributed by atoms with van der Waals surface area (Å²) in [7, 11) is 2.02. The van der Waals surface area contributed by atoms with Crippen molar-refractivity contribution >= 4 is 0 Å². The number of hydrogen-bond donors (Lipinski definition) is 1. The number of aromatic nitrogens is 2. The molecule has 0 radical (unpaired) electrons. The van der Waals surface area contributed by atoms with Crippen molar-refractivity contribution in [2.75, 3.05) is 7.05 Å². The molecule has 0 bridgehead atoms. The minimum atomic E-state index is 0.313. The Morgan fingerprint density at radius 1 is 1.32 bits per heavy atom. The number of likely N-dealkylation sites (N-methyl/N-ethyl adjacent to an activating group) is 1. The van der Waals surface area contributed by atoms with Gasteiger partial charge in [-0.3, -0.25) is 0 Å². The van der Waals surface area contributed by atoms with Crippen LogP contribution in [-0.4, -0.2) is 16.6 Å². The van der Waals surface area contributed by atoms with E-state index in [1.165, 1.54) is 16.7 Å². The Kier molecular flexibility index (Phi) is 4.38. The van der Waals surface area contributed by atoms with Crippen molar-refractivity contribution in [2.24, 2.45) is 0 Å². The molecule has 0 aliphatic carbocycles. The molecular weight excluding hydrogens is 234 g/mol. The number of nitrogens with one attached hydrogen (secondary N) is 1. The van der Waals surface area contributed by atoms with Gasteiger partial charge in [0.05, 0.1) is 0 Å². The summed E-state index contributed by atoms with van der Waals surface area (Å²) >= 11 is 0. The van der Waals surface area contributed by atoms with Crippen LogP contribution in [0.15, 0.2) is 30.6 Å². The fraction of sp³-hybridized carbons (Fsp3) is 0.438. The van der Waals surface area contributed by atoms with Crippen LogP contribution in [0.3, 0.4) is 0 Å². The van der Waals surface area contributed by atoms with E-state index in [1.807, 2.05) is 19.4 Å². The molecule has 1 aromatic heterocycles. The van der Waals surface area contributed by atoms with Gasteiger partial charge in [0.1, 0.15) is 5.82 Å². The zero-order valence-corrected chi connectivity index (χ0v) is 12.3. The number of benzene rings is 1. The van der Waals surface area contributed by atoms with Crippen LogP contribution in [0.1, 0.15) is 35.5 Å². The smallest absolute Gasteiger partial charge is 0.110 e. The molecule has 0 aliphatic rings. The van der Waals surface area contributed by atoms with E-state index < -0.39 is 0 Å². The monoisotopic (exact) mass is 257 g/mol. The topological polar surface area (TPSA) is 29.9 Å².